The first-order valence-corrected chi connectivity index (χ1v) is 6.02. The van der Waals surface area contributed by atoms with Crippen LogP contribution >= 0.6 is 0 Å². The summed E-state index contributed by atoms with van der Waals surface area (Å²) in [5.41, 5.74) is 5.60. The van der Waals surface area contributed by atoms with Crippen LogP contribution in [0.4, 0.5) is 8.78 Å². The molecule has 0 bridgehead atoms. The summed E-state index contributed by atoms with van der Waals surface area (Å²) in [4.78, 5) is 13.1. The number of carbonyl (C=O) groups is 1. The summed E-state index contributed by atoms with van der Waals surface area (Å²) in [6.07, 6.45) is 1.63. The van der Waals surface area contributed by atoms with Gasteiger partial charge in [0, 0.05) is 18.7 Å². The lowest BCUT2D eigenvalue weighted by Crippen LogP contribution is -2.40. The number of piperidine rings is 1. The van der Waals surface area contributed by atoms with Crippen LogP contribution in [-0.2, 0) is 11.3 Å². The highest BCUT2D eigenvalue weighted by molar-refractivity contribution is 5.76. The van der Waals surface area contributed by atoms with Gasteiger partial charge in [0.2, 0.25) is 5.91 Å². The van der Waals surface area contributed by atoms with Crippen LogP contribution in [0.2, 0.25) is 0 Å². The van der Waals surface area contributed by atoms with E-state index in [9.17, 15) is 13.6 Å². The molecule has 0 unspecified atom stereocenters. The van der Waals surface area contributed by atoms with Crippen LogP contribution in [0.15, 0.2) is 18.2 Å². The number of nitrogens with two attached hydrogens (primary N) is 1. The number of amides is 1. The zero-order valence-corrected chi connectivity index (χ0v) is 10.0. The van der Waals surface area contributed by atoms with Gasteiger partial charge >= 0.3 is 0 Å². The third kappa shape index (κ3) is 3.04. The molecule has 98 valence electrons. The van der Waals surface area contributed by atoms with Gasteiger partial charge in [-0.3, -0.25) is 9.69 Å². The minimum absolute atomic E-state index is 0.185. The predicted molar refractivity (Wildman–Crippen MR) is 63.6 cm³/mol. The number of benzene rings is 1. The van der Waals surface area contributed by atoms with Crippen molar-refractivity contribution in [1.82, 2.24) is 4.90 Å². The first kappa shape index (κ1) is 13.0. The van der Waals surface area contributed by atoms with Crippen LogP contribution in [0.5, 0.6) is 0 Å². The fraction of sp³-hybridized carbons (Fsp3) is 0.462. The molecule has 0 spiro atoms. The Morgan fingerprint density at radius 2 is 2.22 bits per heavy atom. The molecule has 18 heavy (non-hydrogen) atoms. The highest BCUT2D eigenvalue weighted by Gasteiger charge is 2.24. The van der Waals surface area contributed by atoms with Crippen LogP contribution in [0.1, 0.15) is 18.4 Å². The Bertz CT molecular complexity index is 451. The van der Waals surface area contributed by atoms with Crippen LogP contribution in [0.25, 0.3) is 0 Å². The first-order chi connectivity index (χ1) is 8.56. The minimum atomic E-state index is -0.449. The number of likely N-dealkylation sites (tertiary alicyclic amines) is 1. The van der Waals surface area contributed by atoms with Crippen molar-refractivity contribution in [1.29, 1.82) is 0 Å². The third-order valence-electron chi connectivity index (χ3n) is 3.31. The van der Waals surface area contributed by atoms with Gasteiger partial charge in [-0.2, -0.15) is 0 Å². The quantitative estimate of drug-likeness (QED) is 0.891. The topological polar surface area (TPSA) is 46.3 Å². The second-order valence-electron chi connectivity index (χ2n) is 4.71. The second kappa shape index (κ2) is 5.44. The van der Waals surface area contributed by atoms with Crippen molar-refractivity contribution in [2.75, 3.05) is 13.1 Å². The molecule has 1 saturated heterocycles. The molecular weight excluding hydrogens is 238 g/mol. The fourth-order valence-corrected chi connectivity index (χ4v) is 2.34. The van der Waals surface area contributed by atoms with Gasteiger partial charge in [0.1, 0.15) is 11.6 Å². The molecule has 0 aromatic heterocycles. The second-order valence-corrected chi connectivity index (χ2v) is 4.71. The van der Waals surface area contributed by atoms with Crippen molar-refractivity contribution in [3.8, 4) is 0 Å². The maximum atomic E-state index is 13.5. The van der Waals surface area contributed by atoms with Crippen LogP contribution in [0.3, 0.4) is 0 Å². The molecule has 0 radical (unpaired) electrons. The standard InChI is InChI=1S/C13H16F2N2O/c14-11-3-4-12(15)10(6-11)8-17-5-1-2-9(7-17)13(16)18/h3-4,6,9H,1-2,5,7-8H2,(H2,16,18)/t9-/m0/s1. The largest absolute Gasteiger partial charge is 0.369 e. The minimum Gasteiger partial charge on any atom is -0.369 e. The Labute approximate surface area is 105 Å². The van der Waals surface area contributed by atoms with E-state index in [4.69, 9.17) is 5.73 Å². The average molecular weight is 254 g/mol. The molecule has 2 N–H and O–H groups in total. The zero-order valence-electron chi connectivity index (χ0n) is 10.0. The van der Waals surface area contributed by atoms with E-state index in [1.165, 1.54) is 6.07 Å². The van der Waals surface area contributed by atoms with Crippen molar-refractivity contribution >= 4 is 5.91 Å². The molecular formula is C13H16F2N2O. The lowest BCUT2D eigenvalue weighted by Gasteiger charge is -2.31. The molecule has 1 aliphatic heterocycles. The maximum Gasteiger partial charge on any atom is 0.221 e. The average Bonchev–Trinajstić information content (AvgIpc) is 2.34. The van der Waals surface area contributed by atoms with E-state index < -0.39 is 11.6 Å². The molecule has 5 heteroatoms. The Balaban J connectivity index is 2.04. The highest BCUT2D eigenvalue weighted by Crippen LogP contribution is 2.19. The molecule has 1 atom stereocenters. The van der Waals surface area contributed by atoms with E-state index in [0.717, 1.165) is 31.5 Å². The van der Waals surface area contributed by atoms with Crippen molar-refractivity contribution < 1.29 is 13.6 Å². The Kier molecular flexibility index (Phi) is 3.91. The lowest BCUT2D eigenvalue weighted by atomic mass is 9.97. The zero-order chi connectivity index (χ0) is 13.1. The van der Waals surface area contributed by atoms with Gasteiger partial charge in [-0.15, -0.1) is 0 Å². The van der Waals surface area contributed by atoms with Gasteiger partial charge in [-0.25, -0.2) is 8.78 Å². The number of carbonyl (C=O) groups excluding carboxylic acids is 1. The van der Waals surface area contributed by atoms with E-state index in [0.29, 0.717) is 18.7 Å². The lowest BCUT2D eigenvalue weighted by molar-refractivity contribution is -0.123. The number of nitrogens with zero attached hydrogens (tertiary/aromatic N) is 1. The van der Waals surface area contributed by atoms with Crippen LogP contribution in [0, 0.1) is 17.6 Å². The summed E-state index contributed by atoms with van der Waals surface area (Å²) in [5, 5.41) is 0. The summed E-state index contributed by atoms with van der Waals surface area (Å²) in [6, 6.07) is 3.42. The fourth-order valence-electron chi connectivity index (χ4n) is 2.34. The number of halogens is 2. The summed E-state index contributed by atoms with van der Waals surface area (Å²) in [7, 11) is 0. The summed E-state index contributed by atoms with van der Waals surface area (Å²) in [6.45, 7) is 1.61. The van der Waals surface area contributed by atoms with Gasteiger partial charge in [-0.05, 0) is 37.6 Å². The Morgan fingerprint density at radius 1 is 1.44 bits per heavy atom. The van der Waals surface area contributed by atoms with Crippen LogP contribution in [-0.4, -0.2) is 23.9 Å². The Hall–Kier alpha value is -1.49. The summed E-state index contributed by atoms with van der Waals surface area (Å²) < 4.78 is 26.5. The van der Waals surface area contributed by atoms with Gasteiger partial charge in [0.15, 0.2) is 0 Å². The van der Waals surface area contributed by atoms with E-state index >= 15 is 0 Å². The SMILES string of the molecule is NC(=O)[C@H]1CCCN(Cc2cc(F)ccc2F)C1. The summed E-state index contributed by atoms with van der Waals surface area (Å²) >= 11 is 0. The highest BCUT2D eigenvalue weighted by atomic mass is 19.1. The van der Waals surface area contributed by atoms with E-state index in [-0.39, 0.29) is 11.8 Å². The van der Waals surface area contributed by atoms with E-state index in [1.54, 1.807) is 0 Å². The smallest absolute Gasteiger partial charge is 0.221 e. The van der Waals surface area contributed by atoms with Gasteiger partial charge < -0.3 is 5.73 Å². The summed E-state index contributed by atoms with van der Waals surface area (Å²) in [5.74, 6) is -1.37. The van der Waals surface area contributed by atoms with Gasteiger partial charge in [-0.1, -0.05) is 0 Å². The predicted octanol–water partition coefficient (Wildman–Crippen LogP) is 1.66. The van der Waals surface area contributed by atoms with Crippen molar-refractivity contribution in [3.63, 3.8) is 0 Å². The van der Waals surface area contributed by atoms with E-state index in [1.807, 2.05) is 4.90 Å². The monoisotopic (exact) mass is 254 g/mol. The molecule has 1 aromatic rings. The molecule has 2 rings (SSSR count). The van der Waals surface area contributed by atoms with Crippen molar-refractivity contribution in [2.24, 2.45) is 11.7 Å². The molecule has 0 aliphatic carbocycles. The van der Waals surface area contributed by atoms with Gasteiger partial charge in [0.05, 0.1) is 5.92 Å². The number of hydrogen-bond acceptors (Lipinski definition) is 2. The molecule has 3 nitrogen and oxygen atoms in total. The van der Waals surface area contributed by atoms with E-state index in [2.05, 4.69) is 0 Å². The molecule has 0 saturated carbocycles. The molecule has 1 heterocycles. The molecule has 1 fully saturated rings. The number of hydrogen-bond donors (Lipinski definition) is 1. The molecule has 1 aliphatic rings. The van der Waals surface area contributed by atoms with Crippen molar-refractivity contribution in [3.05, 3.63) is 35.4 Å². The normalized spacial score (nSPS) is 20.9. The number of rotatable bonds is 3. The van der Waals surface area contributed by atoms with Crippen molar-refractivity contribution in [2.45, 2.75) is 19.4 Å². The maximum absolute atomic E-state index is 13.5. The van der Waals surface area contributed by atoms with Crippen LogP contribution < -0.4 is 5.73 Å². The van der Waals surface area contributed by atoms with Gasteiger partial charge in [0.25, 0.3) is 0 Å². The number of primary amides is 1. The molecule has 1 aromatic carbocycles. The first-order valence-electron chi connectivity index (χ1n) is 6.02. The Morgan fingerprint density at radius 3 is 2.94 bits per heavy atom. The molecule has 1 amide bonds. The third-order valence-corrected chi connectivity index (χ3v) is 3.31.